The molecule has 0 radical (unpaired) electrons. The third-order valence-electron chi connectivity index (χ3n) is 2.49. The fraction of sp³-hybridized carbons (Fsp3) is 0.0714. The number of hydrogen-bond acceptors (Lipinski definition) is 4. The van der Waals surface area contributed by atoms with Gasteiger partial charge in [-0.3, -0.25) is 9.78 Å². The highest BCUT2D eigenvalue weighted by molar-refractivity contribution is 7.16. The number of carbonyl (C=O) groups is 2. The Kier molecular flexibility index (Phi) is 5.08. The lowest BCUT2D eigenvalue weighted by Crippen LogP contribution is -2.23. The molecule has 0 aromatic carbocycles. The average Bonchev–Trinajstić information content (AvgIpc) is 2.89. The van der Waals surface area contributed by atoms with Crippen LogP contribution in [0.4, 0.5) is 0 Å². The number of carbonyl (C=O) groups excluding carboxylic acids is 1. The third kappa shape index (κ3) is 4.70. The summed E-state index contributed by atoms with van der Waals surface area (Å²) in [4.78, 5) is 27.2. The molecule has 2 aromatic heterocycles. The number of rotatable bonds is 5. The van der Waals surface area contributed by atoms with Crippen molar-refractivity contribution in [3.63, 3.8) is 0 Å². The summed E-state index contributed by atoms with van der Waals surface area (Å²) in [5, 5.41) is 11.3. The highest BCUT2D eigenvalue weighted by atomic mass is 35.5. The minimum atomic E-state index is -1.04. The maximum absolute atomic E-state index is 11.9. The van der Waals surface area contributed by atoms with Crippen LogP contribution in [0.3, 0.4) is 0 Å². The number of pyridine rings is 1. The number of aromatic nitrogens is 1. The molecule has 2 aromatic rings. The Morgan fingerprint density at radius 2 is 2.14 bits per heavy atom. The van der Waals surface area contributed by atoms with Crippen molar-refractivity contribution in [3.05, 3.63) is 57.0 Å². The molecule has 0 aliphatic heterocycles. The highest BCUT2D eigenvalue weighted by Crippen LogP contribution is 2.21. The Morgan fingerprint density at radius 1 is 1.33 bits per heavy atom. The lowest BCUT2D eigenvalue weighted by molar-refractivity contribution is -0.131. The number of halogens is 1. The zero-order valence-corrected chi connectivity index (χ0v) is 12.3. The van der Waals surface area contributed by atoms with Crippen LogP contribution in [-0.2, 0) is 11.3 Å². The van der Waals surface area contributed by atoms with Gasteiger partial charge in [0.2, 0.25) is 0 Å². The second kappa shape index (κ2) is 7.01. The van der Waals surface area contributed by atoms with Crippen LogP contribution in [0.5, 0.6) is 0 Å². The first-order chi connectivity index (χ1) is 10.0. The van der Waals surface area contributed by atoms with E-state index in [0.29, 0.717) is 16.4 Å². The molecule has 0 fully saturated rings. The monoisotopic (exact) mass is 322 g/mol. The maximum atomic E-state index is 11.9. The lowest BCUT2D eigenvalue weighted by atomic mass is 10.2. The van der Waals surface area contributed by atoms with Crippen LogP contribution in [0.15, 0.2) is 36.5 Å². The van der Waals surface area contributed by atoms with Gasteiger partial charge in [-0.2, -0.15) is 0 Å². The second-order valence-corrected chi connectivity index (χ2v) is 5.84. The zero-order chi connectivity index (χ0) is 15.2. The summed E-state index contributed by atoms with van der Waals surface area (Å²) in [6, 6.07) is 6.79. The zero-order valence-electron chi connectivity index (χ0n) is 10.7. The Labute approximate surface area is 129 Å². The number of nitrogens with zero attached hydrogens (tertiary/aromatic N) is 1. The molecule has 0 saturated heterocycles. The molecule has 0 spiro atoms. The molecular formula is C14H11ClN2O3S. The summed E-state index contributed by atoms with van der Waals surface area (Å²) < 4.78 is 0.673. The molecule has 2 N–H and O–H groups in total. The topological polar surface area (TPSA) is 79.3 Å². The van der Waals surface area contributed by atoms with Crippen molar-refractivity contribution in [2.75, 3.05) is 0 Å². The van der Waals surface area contributed by atoms with Gasteiger partial charge in [-0.05, 0) is 29.8 Å². The van der Waals surface area contributed by atoms with Gasteiger partial charge in [0, 0.05) is 17.2 Å². The van der Waals surface area contributed by atoms with Gasteiger partial charge in [0.25, 0.3) is 5.91 Å². The first-order valence-corrected chi connectivity index (χ1v) is 7.13. The molecule has 108 valence electrons. The van der Waals surface area contributed by atoms with E-state index >= 15 is 0 Å². The summed E-state index contributed by atoms with van der Waals surface area (Å²) in [5.41, 5.74) is 0.879. The van der Waals surface area contributed by atoms with Crippen LogP contribution in [0.1, 0.15) is 20.9 Å². The van der Waals surface area contributed by atoms with Crippen molar-refractivity contribution < 1.29 is 14.7 Å². The van der Waals surface area contributed by atoms with Crippen molar-refractivity contribution in [2.24, 2.45) is 0 Å². The molecule has 0 aliphatic carbocycles. The summed E-state index contributed by atoms with van der Waals surface area (Å²) in [6.45, 7) is 0.387. The van der Waals surface area contributed by atoms with Gasteiger partial charge in [0.15, 0.2) is 0 Å². The third-order valence-corrected chi connectivity index (χ3v) is 3.72. The fourth-order valence-corrected chi connectivity index (χ4v) is 2.54. The van der Waals surface area contributed by atoms with Crippen LogP contribution in [0.2, 0.25) is 4.34 Å². The molecule has 0 atom stereocenters. The van der Waals surface area contributed by atoms with Crippen molar-refractivity contribution in [1.29, 1.82) is 0 Å². The number of nitrogens with one attached hydrogen (secondary N) is 1. The predicted molar refractivity (Wildman–Crippen MR) is 81.4 cm³/mol. The van der Waals surface area contributed by atoms with Crippen LogP contribution in [0, 0.1) is 0 Å². The first kappa shape index (κ1) is 15.2. The largest absolute Gasteiger partial charge is 0.478 e. The molecule has 1 amide bonds. The van der Waals surface area contributed by atoms with Gasteiger partial charge in [0.05, 0.1) is 10.9 Å². The van der Waals surface area contributed by atoms with Gasteiger partial charge < -0.3 is 10.4 Å². The van der Waals surface area contributed by atoms with E-state index in [1.54, 1.807) is 12.1 Å². The Balaban J connectivity index is 1.95. The SMILES string of the molecule is O=C(O)C=Cc1ccc(C(=O)NCc2ccc(Cl)s2)nc1. The predicted octanol–water partition coefficient (Wildman–Crippen LogP) is 2.82. The van der Waals surface area contributed by atoms with E-state index in [1.807, 2.05) is 6.07 Å². The van der Waals surface area contributed by atoms with Gasteiger partial charge in [0.1, 0.15) is 5.69 Å². The number of carboxylic acids is 1. The molecule has 0 bridgehead atoms. The van der Waals surface area contributed by atoms with Crippen LogP contribution in [0.25, 0.3) is 6.08 Å². The number of carboxylic acid groups (broad SMARTS) is 1. The quantitative estimate of drug-likeness (QED) is 0.830. The minimum absolute atomic E-state index is 0.269. The van der Waals surface area contributed by atoms with Gasteiger partial charge in [-0.1, -0.05) is 17.7 Å². The Hall–Kier alpha value is -2.18. The summed E-state index contributed by atoms with van der Waals surface area (Å²) >= 11 is 7.21. The van der Waals surface area contributed by atoms with Crippen molar-refractivity contribution in [2.45, 2.75) is 6.54 Å². The molecular weight excluding hydrogens is 312 g/mol. The van der Waals surface area contributed by atoms with Crippen LogP contribution >= 0.6 is 22.9 Å². The minimum Gasteiger partial charge on any atom is -0.478 e. The van der Waals surface area contributed by atoms with E-state index in [2.05, 4.69) is 10.3 Å². The lowest BCUT2D eigenvalue weighted by Gasteiger charge is -2.03. The summed E-state index contributed by atoms with van der Waals surface area (Å²) in [6.07, 6.45) is 3.86. The molecule has 2 heterocycles. The van der Waals surface area contributed by atoms with Crippen molar-refractivity contribution in [1.82, 2.24) is 10.3 Å². The molecule has 21 heavy (non-hydrogen) atoms. The average molecular weight is 323 g/mol. The normalized spacial score (nSPS) is 10.7. The van der Waals surface area contributed by atoms with Crippen LogP contribution in [-0.4, -0.2) is 22.0 Å². The van der Waals surface area contributed by atoms with Crippen LogP contribution < -0.4 is 5.32 Å². The molecule has 0 unspecified atom stereocenters. The number of thiophene rings is 1. The standard InChI is InChI=1S/C14H11ClN2O3S/c15-12-5-3-10(21-12)8-17-14(20)11-4-1-9(7-16-11)2-6-13(18)19/h1-7H,8H2,(H,17,20)(H,18,19). The van der Waals surface area contributed by atoms with E-state index in [4.69, 9.17) is 16.7 Å². The van der Waals surface area contributed by atoms with E-state index < -0.39 is 5.97 Å². The van der Waals surface area contributed by atoms with Gasteiger partial charge in [-0.25, -0.2) is 4.79 Å². The Morgan fingerprint density at radius 3 is 2.71 bits per heavy atom. The van der Waals surface area contributed by atoms with E-state index in [-0.39, 0.29) is 11.6 Å². The number of hydrogen-bond donors (Lipinski definition) is 2. The van der Waals surface area contributed by atoms with Crippen molar-refractivity contribution >= 4 is 40.9 Å². The first-order valence-electron chi connectivity index (χ1n) is 5.94. The molecule has 5 nitrogen and oxygen atoms in total. The van der Waals surface area contributed by atoms with Gasteiger partial charge >= 0.3 is 5.97 Å². The second-order valence-electron chi connectivity index (χ2n) is 4.04. The Bertz CT molecular complexity index is 680. The van der Waals surface area contributed by atoms with Gasteiger partial charge in [-0.15, -0.1) is 11.3 Å². The maximum Gasteiger partial charge on any atom is 0.328 e. The highest BCUT2D eigenvalue weighted by Gasteiger charge is 2.07. The molecule has 2 rings (SSSR count). The van der Waals surface area contributed by atoms with E-state index in [9.17, 15) is 9.59 Å². The number of amides is 1. The molecule has 0 saturated carbocycles. The fourth-order valence-electron chi connectivity index (χ4n) is 1.51. The molecule has 0 aliphatic rings. The number of aliphatic carboxylic acids is 1. The van der Waals surface area contributed by atoms with E-state index in [1.165, 1.54) is 29.7 Å². The summed E-state index contributed by atoms with van der Waals surface area (Å²) in [5.74, 6) is -1.33. The molecule has 7 heteroatoms. The summed E-state index contributed by atoms with van der Waals surface area (Å²) in [7, 11) is 0. The smallest absolute Gasteiger partial charge is 0.328 e. The van der Waals surface area contributed by atoms with Crippen molar-refractivity contribution in [3.8, 4) is 0 Å². The van der Waals surface area contributed by atoms with E-state index in [0.717, 1.165) is 11.0 Å².